The summed E-state index contributed by atoms with van der Waals surface area (Å²) >= 11 is 0. The standard InChI is InChI=1S/C26H38O6/c1-14(2)11-32-26-9-16(4)21-19(22(26)24(26,6)13-27)8-18(12-31-17(5)28)10-25(30)20(21)7-15(3)23(25)29/h7-8,14,16,19-22,27,30H,9-13H2,1-6H3/t16-,19-,20+,21?,22-,24-,25-,26+/m1/s1. The van der Waals surface area contributed by atoms with Gasteiger partial charge < -0.3 is 19.7 Å². The number of aliphatic hydroxyl groups excluding tert-OH is 1. The van der Waals surface area contributed by atoms with Crippen LogP contribution in [0.5, 0.6) is 0 Å². The number of esters is 1. The second-order valence-electron chi connectivity index (χ2n) is 11.4. The van der Waals surface area contributed by atoms with Gasteiger partial charge >= 0.3 is 5.97 Å². The van der Waals surface area contributed by atoms with Crippen LogP contribution in [0.2, 0.25) is 0 Å². The lowest BCUT2D eigenvalue weighted by Crippen LogP contribution is -2.49. The Morgan fingerprint density at radius 2 is 2.00 bits per heavy atom. The average Bonchev–Trinajstić information content (AvgIpc) is 3.21. The van der Waals surface area contributed by atoms with Crippen molar-refractivity contribution in [2.24, 2.45) is 40.9 Å². The Bertz CT molecular complexity index is 874. The highest BCUT2D eigenvalue weighted by atomic mass is 16.5. The molecule has 4 rings (SSSR count). The van der Waals surface area contributed by atoms with Gasteiger partial charge in [0.05, 0.1) is 12.2 Å². The summed E-state index contributed by atoms with van der Waals surface area (Å²) in [5.41, 5.74) is -0.934. The van der Waals surface area contributed by atoms with Crippen LogP contribution in [0.1, 0.15) is 54.4 Å². The van der Waals surface area contributed by atoms with Crippen molar-refractivity contribution < 1.29 is 29.3 Å². The zero-order valence-corrected chi connectivity index (χ0v) is 20.2. The van der Waals surface area contributed by atoms with Crippen LogP contribution in [-0.4, -0.2) is 53.0 Å². The Labute approximate surface area is 191 Å². The van der Waals surface area contributed by atoms with Crippen LogP contribution in [0.15, 0.2) is 23.3 Å². The molecule has 2 saturated carbocycles. The fourth-order valence-electron chi connectivity index (χ4n) is 7.31. The molecule has 0 aromatic rings. The molecule has 0 aromatic heterocycles. The van der Waals surface area contributed by atoms with Crippen molar-refractivity contribution >= 4 is 11.8 Å². The SMILES string of the molecule is CC(=O)OCC1=C[C@@H]2C([C@H](C)C[C@]3(OCC(C)C)[C@H]2[C@@]3(C)CO)[C@@H]2C=C(C)C(=O)[C@@]2(O)C1. The van der Waals surface area contributed by atoms with Gasteiger partial charge in [-0.2, -0.15) is 0 Å². The fourth-order valence-corrected chi connectivity index (χ4v) is 7.31. The van der Waals surface area contributed by atoms with E-state index in [2.05, 4.69) is 33.8 Å². The molecule has 4 aliphatic rings. The van der Waals surface area contributed by atoms with Gasteiger partial charge in [0.1, 0.15) is 12.2 Å². The second kappa shape index (κ2) is 7.78. The van der Waals surface area contributed by atoms with E-state index >= 15 is 0 Å². The van der Waals surface area contributed by atoms with E-state index in [1.807, 2.05) is 6.08 Å². The Hall–Kier alpha value is -1.50. The van der Waals surface area contributed by atoms with Crippen LogP contribution in [0.3, 0.4) is 0 Å². The molecule has 0 amide bonds. The van der Waals surface area contributed by atoms with Gasteiger partial charge in [0.15, 0.2) is 5.78 Å². The quantitative estimate of drug-likeness (QED) is 0.481. The number of ether oxygens (including phenoxy) is 2. The summed E-state index contributed by atoms with van der Waals surface area (Å²) < 4.78 is 11.9. The smallest absolute Gasteiger partial charge is 0.302 e. The maximum atomic E-state index is 13.1. The third kappa shape index (κ3) is 3.24. The molecule has 178 valence electrons. The number of hydrogen-bond donors (Lipinski definition) is 2. The van der Waals surface area contributed by atoms with Gasteiger partial charge in [-0.1, -0.05) is 39.8 Å². The summed E-state index contributed by atoms with van der Waals surface area (Å²) in [7, 11) is 0. The molecular formula is C26H38O6. The lowest BCUT2D eigenvalue weighted by molar-refractivity contribution is -0.141. The zero-order valence-electron chi connectivity index (χ0n) is 20.2. The lowest BCUT2D eigenvalue weighted by atomic mass is 9.63. The highest BCUT2D eigenvalue weighted by Gasteiger charge is 2.80. The van der Waals surface area contributed by atoms with Crippen molar-refractivity contribution in [3.63, 3.8) is 0 Å². The fraction of sp³-hybridized carbons (Fsp3) is 0.769. The summed E-state index contributed by atoms with van der Waals surface area (Å²) in [4.78, 5) is 24.6. The molecule has 6 nitrogen and oxygen atoms in total. The number of ketones is 1. The maximum absolute atomic E-state index is 13.1. The van der Waals surface area contributed by atoms with Crippen molar-refractivity contribution in [2.75, 3.05) is 19.8 Å². The molecule has 0 saturated heterocycles. The molecule has 2 N–H and O–H groups in total. The van der Waals surface area contributed by atoms with Crippen LogP contribution >= 0.6 is 0 Å². The van der Waals surface area contributed by atoms with Crippen LogP contribution in [0.25, 0.3) is 0 Å². The summed E-state index contributed by atoms with van der Waals surface area (Å²) in [5, 5.41) is 22.1. The van der Waals surface area contributed by atoms with E-state index in [-0.39, 0.29) is 66.4 Å². The largest absolute Gasteiger partial charge is 0.461 e. The number of rotatable bonds is 6. The van der Waals surface area contributed by atoms with E-state index in [9.17, 15) is 19.8 Å². The Kier molecular flexibility index (Phi) is 5.75. The molecule has 0 bridgehead atoms. The van der Waals surface area contributed by atoms with E-state index < -0.39 is 11.2 Å². The Balaban J connectivity index is 1.79. The third-order valence-electron chi connectivity index (χ3n) is 8.72. The summed E-state index contributed by atoms with van der Waals surface area (Å²) in [5.74, 6) is -0.195. The highest BCUT2D eigenvalue weighted by molar-refractivity contribution is 6.04. The van der Waals surface area contributed by atoms with Crippen LogP contribution in [0, 0.1) is 40.9 Å². The first-order valence-electron chi connectivity index (χ1n) is 11.9. The molecule has 0 aromatic carbocycles. The normalized spacial score (nSPS) is 44.8. The number of Topliss-reactive ketones (excluding diaryl/α,β-unsaturated/α-hetero) is 1. The number of aliphatic hydroxyl groups is 2. The monoisotopic (exact) mass is 446 g/mol. The topological polar surface area (TPSA) is 93.1 Å². The summed E-state index contributed by atoms with van der Waals surface area (Å²) in [6, 6.07) is 0. The van der Waals surface area contributed by atoms with Crippen LogP contribution in [0.4, 0.5) is 0 Å². The molecule has 8 atom stereocenters. The minimum atomic E-state index is -1.51. The second-order valence-corrected chi connectivity index (χ2v) is 11.4. The number of allylic oxidation sites excluding steroid dienone is 1. The first-order chi connectivity index (χ1) is 14.9. The average molecular weight is 447 g/mol. The van der Waals surface area contributed by atoms with Crippen LogP contribution < -0.4 is 0 Å². The van der Waals surface area contributed by atoms with Crippen molar-refractivity contribution in [3.8, 4) is 0 Å². The molecule has 2 fully saturated rings. The van der Waals surface area contributed by atoms with E-state index in [1.165, 1.54) is 6.92 Å². The Morgan fingerprint density at radius 3 is 2.59 bits per heavy atom. The van der Waals surface area contributed by atoms with Crippen molar-refractivity contribution in [3.05, 3.63) is 23.3 Å². The van der Waals surface area contributed by atoms with Crippen molar-refractivity contribution in [1.29, 1.82) is 0 Å². The third-order valence-corrected chi connectivity index (χ3v) is 8.72. The molecule has 32 heavy (non-hydrogen) atoms. The number of carbonyl (C=O) groups is 2. The zero-order chi connectivity index (χ0) is 23.6. The molecule has 0 radical (unpaired) electrons. The van der Waals surface area contributed by atoms with Gasteiger partial charge in [-0.05, 0) is 48.2 Å². The van der Waals surface area contributed by atoms with E-state index in [1.54, 1.807) is 6.92 Å². The molecule has 4 aliphatic carbocycles. The molecule has 1 unspecified atom stereocenters. The lowest BCUT2D eigenvalue weighted by Gasteiger charge is -2.43. The maximum Gasteiger partial charge on any atom is 0.302 e. The minimum absolute atomic E-state index is 0.0163. The summed E-state index contributed by atoms with van der Waals surface area (Å²) in [6.45, 7) is 12.4. The Morgan fingerprint density at radius 1 is 1.31 bits per heavy atom. The predicted molar refractivity (Wildman–Crippen MR) is 120 cm³/mol. The van der Waals surface area contributed by atoms with Crippen LogP contribution in [-0.2, 0) is 19.1 Å². The predicted octanol–water partition coefficient (Wildman–Crippen LogP) is 3.07. The van der Waals surface area contributed by atoms with Crippen molar-refractivity contribution in [2.45, 2.75) is 65.6 Å². The van der Waals surface area contributed by atoms with E-state index in [0.717, 1.165) is 12.0 Å². The summed E-state index contributed by atoms with van der Waals surface area (Å²) in [6.07, 6.45) is 5.05. The van der Waals surface area contributed by atoms with Gasteiger partial charge in [0.25, 0.3) is 0 Å². The number of fused-ring (bicyclic) bond motifs is 5. The minimum Gasteiger partial charge on any atom is -0.461 e. The van der Waals surface area contributed by atoms with Gasteiger partial charge in [0, 0.05) is 37.2 Å². The van der Waals surface area contributed by atoms with E-state index in [0.29, 0.717) is 18.1 Å². The van der Waals surface area contributed by atoms with E-state index in [4.69, 9.17) is 9.47 Å². The van der Waals surface area contributed by atoms with Gasteiger partial charge in [-0.3, -0.25) is 9.59 Å². The molecule has 0 aliphatic heterocycles. The first-order valence-corrected chi connectivity index (χ1v) is 11.9. The molecule has 6 heteroatoms. The van der Waals surface area contributed by atoms with Gasteiger partial charge in [0.2, 0.25) is 0 Å². The molecular weight excluding hydrogens is 408 g/mol. The first kappa shape index (κ1) is 23.7. The van der Waals surface area contributed by atoms with Gasteiger partial charge in [-0.25, -0.2) is 0 Å². The van der Waals surface area contributed by atoms with Crippen molar-refractivity contribution in [1.82, 2.24) is 0 Å². The molecule has 0 spiro atoms. The number of carbonyl (C=O) groups excluding carboxylic acids is 2. The molecule has 0 heterocycles. The number of hydrogen-bond acceptors (Lipinski definition) is 6. The van der Waals surface area contributed by atoms with Gasteiger partial charge in [-0.15, -0.1) is 0 Å². The highest BCUT2D eigenvalue weighted by Crippen LogP contribution is 2.75.